The van der Waals surface area contributed by atoms with E-state index < -0.39 is 0 Å². The van der Waals surface area contributed by atoms with Crippen LogP contribution in [0.25, 0.3) is 0 Å². The van der Waals surface area contributed by atoms with Gasteiger partial charge in [0.15, 0.2) is 11.7 Å². The molecule has 6 nitrogen and oxygen atoms in total. The van der Waals surface area contributed by atoms with Gasteiger partial charge in [-0.3, -0.25) is 10.1 Å². The van der Waals surface area contributed by atoms with Crippen LogP contribution in [-0.2, 0) is 4.79 Å². The van der Waals surface area contributed by atoms with E-state index in [1.807, 2.05) is 19.1 Å². The normalized spacial score (nSPS) is 10.0. The highest BCUT2D eigenvalue weighted by Crippen LogP contribution is 2.28. The molecule has 0 unspecified atom stereocenters. The second-order valence-electron chi connectivity index (χ2n) is 5.27. The number of ether oxygens (including phenoxy) is 3. The summed E-state index contributed by atoms with van der Waals surface area (Å²) in [5.41, 5.74) is 1.51. The van der Waals surface area contributed by atoms with Crippen LogP contribution in [0, 0.1) is 6.92 Å². The molecule has 26 heavy (non-hydrogen) atoms. The maximum Gasteiger partial charge on any atom is 0.264 e. The molecule has 138 valence electrons. The van der Waals surface area contributed by atoms with Crippen LogP contribution >= 0.6 is 28.1 Å². The molecule has 0 fully saturated rings. The number of carbonyl (C=O) groups excluding carboxylic acids is 1. The van der Waals surface area contributed by atoms with E-state index >= 15 is 0 Å². The largest absolute Gasteiger partial charge is 0.497 e. The molecular weight excluding hydrogens is 420 g/mol. The van der Waals surface area contributed by atoms with Gasteiger partial charge in [0.1, 0.15) is 17.2 Å². The lowest BCUT2D eigenvalue weighted by Gasteiger charge is -2.14. The third-order valence-corrected chi connectivity index (χ3v) is 4.10. The number of hydrogen-bond donors (Lipinski definition) is 2. The molecule has 0 bridgehead atoms. The lowest BCUT2D eigenvalue weighted by molar-refractivity contribution is -0.121. The molecule has 0 radical (unpaired) electrons. The molecule has 0 heterocycles. The van der Waals surface area contributed by atoms with Crippen molar-refractivity contribution in [2.24, 2.45) is 0 Å². The minimum Gasteiger partial charge on any atom is -0.497 e. The van der Waals surface area contributed by atoms with E-state index in [0.29, 0.717) is 22.9 Å². The number of aryl methyl sites for hydroxylation is 1. The van der Waals surface area contributed by atoms with Gasteiger partial charge >= 0.3 is 0 Å². The topological polar surface area (TPSA) is 68.8 Å². The van der Waals surface area contributed by atoms with E-state index in [1.54, 1.807) is 38.5 Å². The molecule has 1 amide bonds. The van der Waals surface area contributed by atoms with Crippen molar-refractivity contribution in [2.45, 2.75) is 6.92 Å². The average Bonchev–Trinajstić information content (AvgIpc) is 2.60. The van der Waals surface area contributed by atoms with E-state index in [9.17, 15) is 4.79 Å². The van der Waals surface area contributed by atoms with Crippen molar-refractivity contribution in [1.82, 2.24) is 5.32 Å². The molecule has 2 aromatic carbocycles. The number of anilines is 1. The van der Waals surface area contributed by atoms with Crippen LogP contribution in [0.15, 0.2) is 40.9 Å². The second kappa shape index (κ2) is 9.40. The minimum atomic E-state index is -0.369. The highest BCUT2D eigenvalue weighted by Gasteiger charge is 2.10. The molecule has 8 heteroatoms. The first-order chi connectivity index (χ1) is 12.4. The third kappa shape index (κ3) is 5.60. The van der Waals surface area contributed by atoms with Gasteiger partial charge in [0.2, 0.25) is 0 Å². The number of nitrogens with one attached hydrogen (secondary N) is 2. The van der Waals surface area contributed by atoms with Gasteiger partial charge in [0.05, 0.1) is 19.9 Å². The van der Waals surface area contributed by atoms with Crippen LogP contribution in [0.3, 0.4) is 0 Å². The fourth-order valence-corrected chi connectivity index (χ4v) is 2.85. The Bertz CT molecular complexity index is 814. The zero-order valence-corrected chi connectivity index (χ0v) is 17.0. The molecule has 0 aliphatic heterocycles. The predicted molar refractivity (Wildman–Crippen MR) is 108 cm³/mol. The van der Waals surface area contributed by atoms with Gasteiger partial charge in [-0.1, -0.05) is 15.9 Å². The number of amides is 1. The van der Waals surface area contributed by atoms with Crippen molar-refractivity contribution in [1.29, 1.82) is 0 Å². The predicted octanol–water partition coefficient (Wildman–Crippen LogP) is 3.67. The number of rotatable bonds is 6. The highest BCUT2D eigenvalue weighted by molar-refractivity contribution is 9.10. The molecule has 0 atom stereocenters. The monoisotopic (exact) mass is 438 g/mol. The van der Waals surface area contributed by atoms with Crippen molar-refractivity contribution >= 4 is 44.9 Å². The Morgan fingerprint density at radius 3 is 2.50 bits per heavy atom. The Labute approximate surface area is 166 Å². The van der Waals surface area contributed by atoms with Gasteiger partial charge in [-0.2, -0.15) is 0 Å². The fourth-order valence-electron chi connectivity index (χ4n) is 2.15. The van der Waals surface area contributed by atoms with E-state index in [1.165, 1.54) is 0 Å². The van der Waals surface area contributed by atoms with Crippen LogP contribution in [0.5, 0.6) is 17.2 Å². The molecule has 0 aromatic heterocycles. The maximum absolute atomic E-state index is 12.0. The molecule has 2 aromatic rings. The standard InChI is InChI=1S/C18H19BrN2O4S/c1-11-8-12(19)4-6-15(11)25-10-17(22)21-18(26)20-14-9-13(23-2)5-7-16(14)24-3/h4-9H,10H2,1-3H3,(H2,20,21,22,26). The Morgan fingerprint density at radius 2 is 1.85 bits per heavy atom. The number of thiocarbonyl (C=S) groups is 1. The number of hydrogen-bond acceptors (Lipinski definition) is 5. The van der Waals surface area contributed by atoms with Gasteiger partial charge in [0.25, 0.3) is 5.91 Å². The second-order valence-corrected chi connectivity index (χ2v) is 6.59. The summed E-state index contributed by atoms with van der Waals surface area (Å²) in [7, 11) is 3.11. The van der Waals surface area contributed by atoms with E-state index in [0.717, 1.165) is 10.0 Å². The highest BCUT2D eigenvalue weighted by atomic mass is 79.9. The zero-order chi connectivity index (χ0) is 19.1. The molecular formula is C18H19BrN2O4S. The number of halogens is 1. The minimum absolute atomic E-state index is 0.137. The van der Waals surface area contributed by atoms with Crippen LogP contribution in [0.1, 0.15) is 5.56 Å². The summed E-state index contributed by atoms with van der Waals surface area (Å²) in [5.74, 6) is 1.48. The maximum atomic E-state index is 12.0. The van der Waals surface area contributed by atoms with Gasteiger partial charge in [-0.15, -0.1) is 0 Å². The van der Waals surface area contributed by atoms with E-state index in [4.69, 9.17) is 26.4 Å². The Balaban J connectivity index is 1.92. The van der Waals surface area contributed by atoms with Crippen molar-refractivity contribution < 1.29 is 19.0 Å². The Hall–Kier alpha value is -2.32. The number of carbonyl (C=O) groups is 1. The molecule has 0 saturated carbocycles. The first-order valence-electron chi connectivity index (χ1n) is 7.64. The van der Waals surface area contributed by atoms with Crippen molar-refractivity contribution in [2.75, 3.05) is 26.1 Å². The van der Waals surface area contributed by atoms with Crippen molar-refractivity contribution in [3.8, 4) is 17.2 Å². The first-order valence-corrected chi connectivity index (χ1v) is 8.85. The first kappa shape index (κ1) is 20.0. The Kier molecular flexibility index (Phi) is 7.23. The Morgan fingerprint density at radius 1 is 1.12 bits per heavy atom. The van der Waals surface area contributed by atoms with Crippen molar-refractivity contribution in [3.63, 3.8) is 0 Å². The smallest absolute Gasteiger partial charge is 0.264 e. The average molecular weight is 439 g/mol. The fraction of sp³-hybridized carbons (Fsp3) is 0.222. The number of methoxy groups -OCH3 is 2. The van der Waals surface area contributed by atoms with Gasteiger partial charge in [0, 0.05) is 10.5 Å². The zero-order valence-electron chi connectivity index (χ0n) is 14.6. The van der Waals surface area contributed by atoms with Crippen molar-refractivity contribution in [3.05, 3.63) is 46.4 Å². The lowest BCUT2D eigenvalue weighted by atomic mass is 10.2. The van der Waals surface area contributed by atoms with E-state index in [-0.39, 0.29) is 17.6 Å². The molecule has 0 aliphatic carbocycles. The third-order valence-electron chi connectivity index (χ3n) is 3.40. The summed E-state index contributed by atoms with van der Waals surface area (Å²) in [6.45, 7) is 1.75. The van der Waals surface area contributed by atoms with Gasteiger partial charge in [-0.05, 0) is 55.0 Å². The van der Waals surface area contributed by atoms with Gasteiger partial charge in [-0.25, -0.2) is 0 Å². The summed E-state index contributed by atoms with van der Waals surface area (Å²) < 4.78 is 16.9. The van der Waals surface area contributed by atoms with Crippen LogP contribution in [0.4, 0.5) is 5.69 Å². The molecule has 0 saturated heterocycles. The summed E-state index contributed by atoms with van der Waals surface area (Å²) in [6, 6.07) is 10.8. The molecule has 2 rings (SSSR count). The summed E-state index contributed by atoms with van der Waals surface area (Å²) >= 11 is 8.56. The van der Waals surface area contributed by atoms with Crippen LogP contribution in [0.2, 0.25) is 0 Å². The summed E-state index contributed by atoms with van der Waals surface area (Å²) in [4.78, 5) is 12.0. The van der Waals surface area contributed by atoms with E-state index in [2.05, 4.69) is 26.6 Å². The van der Waals surface area contributed by atoms with Crippen LogP contribution in [-0.4, -0.2) is 31.8 Å². The molecule has 2 N–H and O–H groups in total. The SMILES string of the molecule is COc1ccc(OC)c(NC(=S)NC(=O)COc2ccc(Br)cc2C)c1. The van der Waals surface area contributed by atoms with Crippen LogP contribution < -0.4 is 24.8 Å². The molecule has 0 spiro atoms. The lowest BCUT2D eigenvalue weighted by Crippen LogP contribution is -2.37. The van der Waals surface area contributed by atoms with Gasteiger partial charge < -0.3 is 19.5 Å². The summed E-state index contributed by atoms with van der Waals surface area (Å²) in [6.07, 6.45) is 0. The summed E-state index contributed by atoms with van der Waals surface area (Å²) in [5, 5.41) is 5.62. The number of benzene rings is 2. The molecule has 0 aliphatic rings. The quantitative estimate of drug-likeness (QED) is 0.670.